The van der Waals surface area contributed by atoms with Crippen molar-refractivity contribution in [3.05, 3.63) is 59.4 Å². The first-order chi connectivity index (χ1) is 14.9. The maximum Gasteiger partial charge on any atom is 0.243 e. The van der Waals surface area contributed by atoms with Gasteiger partial charge in [0.2, 0.25) is 10.0 Å². The summed E-state index contributed by atoms with van der Waals surface area (Å²) in [6.45, 7) is 6.35. The van der Waals surface area contributed by atoms with Gasteiger partial charge in [-0.2, -0.15) is 4.31 Å². The fourth-order valence-electron chi connectivity index (χ4n) is 3.77. The minimum Gasteiger partial charge on any atom is -0.379 e. The van der Waals surface area contributed by atoms with Gasteiger partial charge in [0.15, 0.2) is 5.82 Å². The molecule has 2 aromatic carbocycles. The Hall–Kier alpha value is -2.19. The van der Waals surface area contributed by atoms with Gasteiger partial charge in [0, 0.05) is 19.6 Å². The van der Waals surface area contributed by atoms with Crippen LogP contribution in [-0.4, -0.2) is 48.6 Å². The predicted molar refractivity (Wildman–Crippen MR) is 125 cm³/mol. The van der Waals surface area contributed by atoms with Crippen LogP contribution in [0.1, 0.15) is 30.8 Å². The van der Waals surface area contributed by atoms with Crippen molar-refractivity contribution >= 4 is 43.8 Å². The third-order valence-electron chi connectivity index (χ3n) is 5.54. The van der Waals surface area contributed by atoms with Crippen LogP contribution in [0.2, 0.25) is 0 Å². The first kappa shape index (κ1) is 22.0. The van der Waals surface area contributed by atoms with Gasteiger partial charge in [-0.05, 0) is 48.7 Å². The van der Waals surface area contributed by atoms with Crippen molar-refractivity contribution in [3.63, 3.8) is 0 Å². The Kier molecular flexibility index (Phi) is 6.48. The quantitative estimate of drug-likeness (QED) is 0.548. The number of halogens is 1. The number of fused-ring (bicyclic) bond motifs is 1. The molecule has 3 aromatic rings. The Morgan fingerprint density at radius 3 is 2.48 bits per heavy atom. The van der Waals surface area contributed by atoms with Crippen molar-refractivity contribution in [2.24, 2.45) is 0 Å². The second-order valence-electron chi connectivity index (χ2n) is 7.43. The van der Waals surface area contributed by atoms with E-state index in [2.05, 4.69) is 24.0 Å². The molecule has 6 nitrogen and oxygen atoms in total. The van der Waals surface area contributed by atoms with Crippen LogP contribution in [0.3, 0.4) is 0 Å². The lowest BCUT2D eigenvalue weighted by molar-refractivity contribution is 0.0730. The number of benzene rings is 2. The number of imidazole rings is 1. The number of morpholine rings is 1. The van der Waals surface area contributed by atoms with Gasteiger partial charge in [0.1, 0.15) is 0 Å². The molecule has 1 aliphatic heterocycles. The largest absolute Gasteiger partial charge is 0.379 e. The van der Waals surface area contributed by atoms with Crippen LogP contribution in [0.5, 0.6) is 0 Å². The summed E-state index contributed by atoms with van der Waals surface area (Å²) in [5, 5.41) is 0.514. The fourth-order valence-corrected chi connectivity index (χ4v) is 5.47. The summed E-state index contributed by atoms with van der Waals surface area (Å²) in [4.78, 5) is 4.93. The monoisotopic (exact) mass is 459 g/mol. The van der Waals surface area contributed by atoms with Gasteiger partial charge in [0.05, 0.1) is 34.2 Å². The summed E-state index contributed by atoms with van der Waals surface area (Å²) in [7, 11) is -3.58. The summed E-state index contributed by atoms with van der Waals surface area (Å²) >= 11 is 6.66. The highest BCUT2D eigenvalue weighted by Crippen LogP contribution is 2.28. The van der Waals surface area contributed by atoms with Crippen LogP contribution >= 0.6 is 11.6 Å². The predicted octanol–water partition coefficient (Wildman–Crippen LogP) is 4.38. The zero-order chi connectivity index (χ0) is 22.0. The van der Waals surface area contributed by atoms with E-state index in [0.717, 1.165) is 17.5 Å². The molecule has 2 heterocycles. The van der Waals surface area contributed by atoms with E-state index in [0.29, 0.717) is 49.2 Å². The van der Waals surface area contributed by atoms with E-state index in [9.17, 15) is 8.42 Å². The Bertz CT molecular complexity index is 1210. The molecule has 0 spiro atoms. The number of hydrogen-bond acceptors (Lipinski definition) is 4. The number of aryl methyl sites for hydroxylation is 2. The van der Waals surface area contributed by atoms with E-state index in [4.69, 9.17) is 16.3 Å². The highest BCUT2D eigenvalue weighted by atomic mass is 35.5. The van der Waals surface area contributed by atoms with E-state index >= 15 is 0 Å². The van der Waals surface area contributed by atoms with Crippen molar-refractivity contribution in [3.8, 4) is 0 Å². The zero-order valence-corrected chi connectivity index (χ0v) is 19.3. The van der Waals surface area contributed by atoms with Crippen LogP contribution in [0.25, 0.3) is 22.1 Å². The van der Waals surface area contributed by atoms with Gasteiger partial charge in [-0.1, -0.05) is 42.8 Å². The fraction of sp³-hybridized carbons (Fsp3) is 0.348. The van der Waals surface area contributed by atoms with Crippen molar-refractivity contribution in [1.29, 1.82) is 0 Å². The number of hydrogen-bond donors (Lipinski definition) is 0. The summed E-state index contributed by atoms with van der Waals surface area (Å²) in [5.41, 5.74) is 3.72. The molecule has 1 fully saturated rings. The number of nitrogens with zero attached hydrogens (tertiary/aromatic N) is 3. The van der Waals surface area contributed by atoms with Gasteiger partial charge in [-0.15, -0.1) is 0 Å². The molecule has 1 saturated heterocycles. The van der Waals surface area contributed by atoms with Gasteiger partial charge in [0.25, 0.3) is 0 Å². The van der Waals surface area contributed by atoms with Crippen molar-refractivity contribution in [2.75, 3.05) is 26.3 Å². The standard InChI is InChI=1S/C23H26ClN3O3S/c1-3-17-5-7-18(8-6-17)15-20(24)23-25-21-16-19(9-10-22(21)27(23)4-2)31(28,29)26-11-13-30-14-12-26/h5-10,15-16H,3-4,11-14H2,1-2H3. The van der Waals surface area contributed by atoms with Crippen molar-refractivity contribution < 1.29 is 13.2 Å². The molecule has 0 N–H and O–H groups in total. The number of ether oxygens (including phenoxy) is 1. The van der Waals surface area contributed by atoms with Crippen LogP contribution in [0.4, 0.5) is 0 Å². The number of sulfonamides is 1. The van der Waals surface area contributed by atoms with Gasteiger partial charge in [-0.25, -0.2) is 13.4 Å². The summed E-state index contributed by atoms with van der Waals surface area (Å²) in [5.74, 6) is 0.625. The molecule has 4 rings (SSSR count). The molecule has 8 heteroatoms. The topological polar surface area (TPSA) is 64.4 Å². The molecule has 1 aliphatic rings. The van der Waals surface area contributed by atoms with Gasteiger partial charge < -0.3 is 9.30 Å². The molecule has 0 amide bonds. The second-order valence-corrected chi connectivity index (χ2v) is 9.78. The van der Waals surface area contributed by atoms with Gasteiger partial charge >= 0.3 is 0 Å². The molecule has 31 heavy (non-hydrogen) atoms. The minimum atomic E-state index is -3.58. The molecule has 0 atom stereocenters. The number of rotatable bonds is 6. The zero-order valence-electron chi connectivity index (χ0n) is 17.7. The van der Waals surface area contributed by atoms with Gasteiger partial charge in [-0.3, -0.25) is 0 Å². The SMILES string of the molecule is CCc1ccc(C=C(Cl)c2nc3cc(S(=O)(=O)N4CCOCC4)ccc3n2CC)cc1. The van der Waals surface area contributed by atoms with Crippen LogP contribution in [0, 0.1) is 0 Å². The Morgan fingerprint density at radius 2 is 1.84 bits per heavy atom. The molecule has 1 aromatic heterocycles. The average molecular weight is 460 g/mol. The van der Waals surface area contributed by atoms with Crippen LogP contribution in [-0.2, 0) is 27.7 Å². The third-order valence-corrected chi connectivity index (χ3v) is 7.71. The Balaban J connectivity index is 1.72. The molecule has 0 radical (unpaired) electrons. The summed E-state index contributed by atoms with van der Waals surface area (Å²) in [6, 6.07) is 13.3. The Morgan fingerprint density at radius 1 is 1.13 bits per heavy atom. The lowest BCUT2D eigenvalue weighted by Crippen LogP contribution is -2.40. The molecule has 0 aliphatic carbocycles. The second kappa shape index (κ2) is 9.12. The van der Waals surface area contributed by atoms with Crippen molar-refractivity contribution in [1.82, 2.24) is 13.9 Å². The Labute approximate surface area is 188 Å². The molecular weight excluding hydrogens is 434 g/mol. The maximum absolute atomic E-state index is 13.0. The highest BCUT2D eigenvalue weighted by Gasteiger charge is 2.27. The lowest BCUT2D eigenvalue weighted by atomic mass is 10.1. The van der Waals surface area contributed by atoms with Crippen LogP contribution in [0.15, 0.2) is 47.4 Å². The lowest BCUT2D eigenvalue weighted by Gasteiger charge is -2.26. The van der Waals surface area contributed by atoms with E-state index in [1.807, 2.05) is 35.8 Å². The van der Waals surface area contributed by atoms with E-state index in [1.165, 1.54) is 9.87 Å². The first-order valence-electron chi connectivity index (χ1n) is 10.5. The van der Waals surface area contributed by atoms with E-state index in [-0.39, 0.29) is 4.90 Å². The smallest absolute Gasteiger partial charge is 0.243 e. The number of aromatic nitrogens is 2. The molecule has 0 bridgehead atoms. The first-order valence-corrected chi connectivity index (χ1v) is 12.3. The van der Waals surface area contributed by atoms with Crippen molar-refractivity contribution in [2.45, 2.75) is 31.7 Å². The molecule has 164 valence electrons. The maximum atomic E-state index is 13.0. The van der Waals surface area contributed by atoms with E-state index in [1.54, 1.807) is 12.1 Å². The normalized spacial score (nSPS) is 16.2. The third kappa shape index (κ3) is 4.41. The highest BCUT2D eigenvalue weighted by molar-refractivity contribution is 7.89. The minimum absolute atomic E-state index is 0.240. The summed E-state index contributed by atoms with van der Waals surface area (Å²) < 4.78 is 34.8. The molecular formula is C23H26ClN3O3S. The molecule has 0 saturated carbocycles. The van der Waals surface area contributed by atoms with Crippen LogP contribution < -0.4 is 0 Å². The summed E-state index contributed by atoms with van der Waals surface area (Å²) in [6.07, 6.45) is 2.87. The van der Waals surface area contributed by atoms with E-state index < -0.39 is 10.0 Å². The molecule has 0 unspecified atom stereocenters. The average Bonchev–Trinajstić information content (AvgIpc) is 3.18.